The van der Waals surface area contributed by atoms with E-state index < -0.39 is 11.9 Å². The Balaban J connectivity index is 3.14. The number of ether oxygens (including phenoxy) is 1. The molecule has 0 N–H and O–H groups in total. The van der Waals surface area contributed by atoms with Gasteiger partial charge in [-0.05, 0) is 13.3 Å². The molecule has 0 atom stereocenters. The number of unbranched alkanes of at least 4 members (excludes halogenated alkanes) is 22. The molecule has 3 nitrogen and oxygen atoms in total. The quantitative estimate of drug-likeness (QED) is 0.0584. The molecule has 0 spiro atoms. The third-order valence-electron chi connectivity index (χ3n) is 6.54. The van der Waals surface area contributed by atoms with Crippen molar-refractivity contribution in [2.45, 2.75) is 168 Å². The van der Waals surface area contributed by atoms with E-state index in [1.54, 1.807) is 6.92 Å². The topological polar surface area (TPSA) is 43.4 Å². The highest BCUT2D eigenvalue weighted by Crippen LogP contribution is 2.15. The van der Waals surface area contributed by atoms with E-state index in [1.807, 2.05) is 0 Å². The molecule has 194 valence electrons. The van der Waals surface area contributed by atoms with Gasteiger partial charge in [0.25, 0.3) is 0 Å². The van der Waals surface area contributed by atoms with Crippen molar-refractivity contribution in [1.29, 1.82) is 0 Å². The summed E-state index contributed by atoms with van der Waals surface area (Å²) in [5.41, 5.74) is 0.271. The lowest BCUT2D eigenvalue weighted by Gasteiger charge is -2.04. The van der Waals surface area contributed by atoms with Crippen LogP contribution in [0.4, 0.5) is 0 Å². The van der Waals surface area contributed by atoms with E-state index >= 15 is 0 Å². The summed E-state index contributed by atoms with van der Waals surface area (Å²) in [5.74, 6) is -1.03. The van der Waals surface area contributed by atoms with Crippen LogP contribution in [0, 0.1) is 0 Å². The minimum Gasteiger partial charge on any atom is -0.390 e. The first-order chi connectivity index (χ1) is 16.1. The van der Waals surface area contributed by atoms with E-state index in [1.165, 1.54) is 135 Å². The zero-order valence-corrected chi connectivity index (χ0v) is 22.4. The Bertz CT molecular complexity index is 469. The van der Waals surface area contributed by atoms with Crippen molar-refractivity contribution in [3.63, 3.8) is 0 Å². The van der Waals surface area contributed by atoms with Crippen LogP contribution < -0.4 is 0 Å². The minimum atomic E-state index is -0.603. The highest BCUT2D eigenvalue weighted by molar-refractivity contribution is 5.95. The van der Waals surface area contributed by atoms with Gasteiger partial charge in [-0.15, -0.1) is 0 Å². The summed E-state index contributed by atoms with van der Waals surface area (Å²) in [5, 5.41) is 0. The molecule has 0 aliphatic carbocycles. The first-order valence-electron chi connectivity index (χ1n) is 14.5. The van der Waals surface area contributed by atoms with E-state index in [-0.39, 0.29) is 5.57 Å². The number of hydrogen-bond acceptors (Lipinski definition) is 3. The van der Waals surface area contributed by atoms with Crippen molar-refractivity contribution in [3.05, 3.63) is 12.2 Å². The molecule has 0 aliphatic rings. The van der Waals surface area contributed by atoms with Gasteiger partial charge >= 0.3 is 11.9 Å². The molecule has 0 aromatic rings. The minimum absolute atomic E-state index is 0.271. The fraction of sp³-hybridized carbons (Fsp3) is 0.867. The molecule has 0 unspecified atom stereocenters. The van der Waals surface area contributed by atoms with Crippen LogP contribution in [0.25, 0.3) is 0 Å². The van der Waals surface area contributed by atoms with E-state index in [4.69, 9.17) is 0 Å². The standard InChI is InChI=1S/C30H56O3/c1-4-5-6-7-8-9-10-11-12-13-14-15-16-17-18-19-20-21-22-23-24-25-26-27-29(31)33-30(32)28(2)3/h2,4-27H2,1,3H3. The van der Waals surface area contributed by atoms with Crippen molar-refractivity contribution < 1.29 is 14.3 Å². The third-order valence-corrected chi connectivity index (χ3v) is 6.54. The van der Waals surface area contributed by atoms with Gasteiger partial charge in [-0.3, -0.25) is 4.79 Å². The van der Waals surface area contributed by atoms with E-state index in [0.717, 1.165) is 12.8 Å². The molecule has 0 aromatic heterocycles. The maximum atomic E-state index is 11.5. The normalized spacial score (nSPS) is 11.0. The smallest absolute Gasteiger partial charge is 0.340 e. The molecule has 0 radical (unpaired) electrons. The second-order valence-corrected chi connectivity index (χ2v) is 10.1. The lowest BCUT2D eigenvalue weighted by atomic mass is 10.0. The Kier molecular flexibility index (Phi) is 24.6. The summed E-state index contributed by atoms with van der Waals surface area (Å²) >= 11 is 0. The van der Waals surface area contributed by atoms with Crippen molar-refractivity contribution in [3.8, 4) is 0 Å². The van der Waals surface area contributed by atoms with Gasteiger partial charge in [0.1, 0.15) is 0 Å². The lowest BCUT2D eigenvalue weighted by molar-refractivity contribution is -0.156. The Morgan fingerprint density at radius 2 is 0.788 bits per heavy atom. The fourth-order valence-corrected chi connectivity index (χ4v) is 4.30. The summed E-state index contributed by atoms with van der Waals surface area (Å²) < 4.78 is 4.68. The molecule has 0 fully saturated rings. The van der Waals surface area contributed by atoms with Crippen LogP contribution in [0.3, 0.4) is 0 Å². The molecule has 3 heteroatoms. The molecular weight excluding hydrogens is 408 g/mol. The third kappa shape index (κ3) is 25.3. The van der Waals surface area contributed by atoms with Crippen LogP contribution in [-0.2, 0) is 14.3 Å². The van der Waals surface area contributed by atoms with Crippen molar-refractivity contribution in [1.82, 2.24) is 0 Å². The highest BCUT2D eigenvalue weighted by atomic mass is 16.6. The van der Waals surface area contributed by atoms with E-state index in [2.05, 4.69) is 18.2 Å². The lowest BCUT2D eigenvalue weighted by Crippen LogP contribution is -2.12. The second-order valence-electron chi connectivity index (χ2n) is 10.1. The first kappa shape index (κ1) is 31.9. The summed E-state index contributed by atoms with van der Waals surface area (Å²) in [4.78, 5) is 22.7. The number of carbonyl (C=O) groups excluding carboxylic acids is 2. The predicted molar refractivity (Wildman–Crippen MR) is 142 cm³/mol. The van der Waals surface area contributed by atoms with Gasteiger partial charge in [-0.25, -0.2) is 4.79 Å². The second kappa shape index (κ2) is 25.5. The maximum absolute atomic E-state index is 11.5. The van der Waals surface area contributed by atoms with Crippen molar-refractivity contribution in [2.75, 3.05) is 0 Å². The number of rotatable bonds is 25. The largest absolute Gasteiger partial charge is 0.390 e. The van der Waals surface area contributed by atoms with Gasteiger partial charge < -0.3 is 4.74 Å². The predicted octanol–water partition coefficient (Wildman–Crippen LogP) is 10.0. The zero-order valence-electron chi connectivity index (χ0n) is 22.4. The molecule has 0 saturated heterocycles. The monoisotopic (exact) mass is 464 g/mol. The molecule has 33 heavy (non-hydrogen) atoms. The molecule has 0 aromatic carbocycles. The van der Waals surface area contributed by atoms with Gasteiger partial charge in [0, 0.05) is 12.0 Å². The molecular formula is C30H56O3. The summed E-state index contributed by atoms with van der Waals surface area (Å²) in [6.07, 6.45) is 31.5. The van der Waals surface area contributed by atoms with Gasteiger partial charge in [-0.1, -0.05) is 155 Å². The Morgan fingerprint density at radius 1 is 0.515 bits per heavy atom. The Hall–Kier alpha value is -1.12. The van der Waals surface area contributed by atoms with Gasteiger partial charge in [-0.2, -0.15) is 0 Å². The van der Waals surface area contributed by atoms with Crippen molar-refractivity contribution >= 4 is 11.9 Å². The molecule has 0 bridgehead atoms. The van der Waals surface area contributed by atoms with Crippen LogP contribution >= 0.6 is 0 Å². The van der Waals surface area contributed by atoms with Crippen LogP contribution in [0.2, 0.25) is 0 Å². The van der Waals surface area contributed by atoms with Crippen LogP contribution in [-0.4, -0.2) is 11.9 Å². The van der Waals surface area contributed by atoms with Crippen LogP contribution in [0.15, 0.2) is 12.2 Å². The van der Waals surface area contributed by atoms with Crippen LogP contribution in [0.5, 0.6) is 0 Å². The average molecular weight is 465 g/mol. The molecule has 0 heterocycles. The molecule has 0 saturated carbocycles. The van der Waals surface area contributed by atoms with Gasteiger partial charge in [0.05, 0.1) is 0 Å². The average Bonchev–Trinajstić information content (AvgIpc) is 2.79. The number of hydrogen-bond donors (Lipinski definition) is 0. The Labute approximate surface area is 206 Å². The summed E-state index contributed by atoms with van der Waals surface area (Å²) in [6, 6.07) is 0. The SMILES string of the molecule is C=C(C)C(=O)OC(=O)CCCCCCCCCCCCCCCCCCCCCCCCC. The van der Waals surface area contributed by atoms with Gasteiger partial charge in [0.15, 0.2) is 0 Å². The molecule has 0 rings (SSSR count). The fourth-order valence-electron chi connectivity index (χ4n) is 4.30. The van der Waals surface area contributed by atoms with Crippen molar-refractivity contribution in [2.24, 2.45) is 0 Å². The zero-order chi connectivity index (χ0) is 24.4. The number of esters is 2. The van der Waals surface area contributed by atoms with E-state index in [0.29, 0.717) is 6.42 Å². The first-order valence-corrected chi connectivity index (χ1v) is 14.5. The maximum Gasteiger partial charge on any atom is 0.340 e. The number of carbonyl (C=O) groups is 2. The molecule has 0 aliphatic heterocycles. The highest BCUT2D eigenvalue weighted by Gasteiger charge is 2.10. The van der Waals surface area contributed by atoms with E-state index in [9.17, 15) is 9.59 Å². The summed E-state index contributed by atoms with van der Waals surface area (Å²) in [6.45, 7) is 7.32. The Morgan fingerprint density at radius 3 is 1.06 bits per heavy atom. The summed E-state index contributed by atoms with van der Waals surface area (Å²) in [7, 11) is 0. The van der Waals surface area contributed by atoms with Crippen LogP contribution in [0.1, 0.15) is 168 Å². The molecule has 0 amide bonds. The van der Waals surface area contributed by atoms with Gasteiger partial charge in [0.2, 0.25) is 0 Å².